The van der Waals surface area contributed by atoms with Gasteiger partial charge in [-0.05, 0) is 36.8 Å². The van der Waals surface area contributed by atoms with Crippen LogP contribution in [0.15, 0.2) is 59.0 Å². The number of rotatable bonds is 6. The Bertz CT molecular complexity index is 1060. The summed E-state index contributed by atoms with van der Waals surface area (Å²) in [5.41, 5.74) is 14.6. The Kier molecular flexibility index (Phi) is 6.57. The minimum Gasteiger partial charge on any atom is -0.369 e. The van der Waals surface area contributed by atoms with Gasteiger partial charge in [0.1, 0.15) is 0 Å². The number of carbonyl (C=O) groups is 1. The van der Waals surface area contributed by atoms with E-state index in [4.69, 9.17) is 17.0 Å². The quantitative estimate of drug-likeness (QED) is 0.139. The van der Waals surface area contributed by atoms with Crippen molar-refractivity contribution in [3.63, 3.8) is 0 Å². The van der Waals surface area contributed by atoms with E-state index in [1.54, 1.807) is 31.2 Å². The number of hydrogen-bond donors (Lipinski definition) is 7. The van der Waals surface area contributed by atoms with Gasteiger partial charge in [-0.25, -0.2) is 21.0 Å². The number of nitrogens with one attached hydrogen (secondary N) is 5. The van der Waals surface area contributed by atoms with E-state index in [9.17, 15) is 4.79 Å². The second kappa shape index (κ2) is 9.49. The molecule has 0 radical (unpaired) electrons. The van der Waals surface area contributed by atoms with E-state index in [0.29, 0.717) is 22.2 Å². The molecular weight excluding hydrogens is 402 g/mol. The zero-order valence-electron chi connectivity index (χ0n) is 16.1. The normalized spacial score (nSPS) is 10.9. The summed E-state index contributed by atoms with van der Waals surface area (Å²) >= 11 is 1.41. The standard InChI is InChI=1S/C19H21N9OS/c1-11(27-28-17(20)21)12-2-6-14(7-3-12)23-18(29)24-15-8-4-13(5-9-15)16-10-30-19(25-16)26-22/h2-10H,22H2,1H3,(H,25,26)(H4,20,21,28)(H2,23,24,29)/b27-11+. The minimum atomic E-state index is -0.359. The number of urea groups is 1. The van der Waals surface area contributed by atoms with Crippen LogP contribution in [0.5, 0.6) is 0 Å². The summed E-state index contributed by atoms with van der Waals surface area (Å²) in [7, 11) is 0. The smallest absolute Gasteiger partial charge is 0.323 e. The summed E-state index contributed by atoms with van der Waals surface area (Å²) in [5, 5.41) is 19.2. The Balaban J connectivity index is 1.57. The Morgan fingerprint density at radius 1 is 1.07 bits per heavy atom. The zero-order chi connectivity index (χ0) is 21.5. The maximum atomic E-state index is 12.2. The van der Waals surface area contributed by atoms with Gasteiger partial charge in [0.2, 0.25) is 5.96 Å². The van der Waals surface area contributed by atoms with Gasteiger partial charge in [-0.2, -0.15) is 5.10 Å². The number of nitrogens with zero attached hydrogens (tertiary/aromatic N) is 2. The first-order valence-electron chi connectivity index (χ1n) is 8.80. The SMILES string of the molecule is C/C(=N\NC(=N)N)c1ccc(NC(=O)Nc2ccc(-c3csc(NN)n3)cc2)cc1. The number of guanidine groups is 1. The summed E-state index contributed by atoms with van der Waals surface area (Å²) in [4.78, 5) is 16.6. The lowest BCUT2D eigenvalue weighted by molar-refractivity contribution is 0.262. The monoisotopic (exact) mass is 423 g/mol. The highest BCUT2D eigenvalue weighted by Gasteiger charge is 2.06. The summed E-state index contributed by atoms with van der Waals surface area (Å²) < 4.78 is 0. The van der Waals surface area contributed by atoms with E-state index in [2.05, 4.69) is 31.6 Å². The van der Waals surface area contributed by atoms with Crippen molar-refractivity contribution < 1.29 is 4.79 Å². The van der Waals surface area contributed by atoms with Crippen molar-refractivity contribution in [3.05, 3.63) is 59.5 Å². The number of hydrogen-bond acceptors (Lipinski definition) is 7. The van der Waals surface area contributed by atoms with Crippen LogP contribution >= 0.6 is 11.3 Å². The summed E-state index contributed by atoms with van der Waals surface area (Å²) in [6, 6.07) is 14.1. The lowest BCUT2D eigenvalue weighted by Gasteiger charge is -2.09. The van der Waals surface area contributed by atoms with E-state index < -0.39 is 0 Å². The van der Waals surface area contributed by atoms with Gasteiger partial charge >= 0.3 is 6.03 Å². The highest BCUT2D eigenvalue weighted by atomic mass is 32.1. The summed E-state index contributed by atoms with van der Waals surface area (Å²) in [5.74, 6) is 5.12. The molecule has 0 aliphatic rings. The average molecular weight is 424 g/mol. The van der Waals surface area contributed by atoms with Gasteiger partial charge in [0, 0.05) is 22.3 Å². The predicted octanol–water partition coefficient (Wildman–Crippen LogP) is 2.95. The first kappa shape index (κ1) is 20.8. The Morgan fingerprint density at radius 3 is 2.20 bits per heavy atom. The number of thiazole rings is 1. The van der Waals surface area contributed by atoms with Crippen LogP contribution in [0.4, 0.5) is 21.3 Å². The number of anilines is 3. The molecule has 3 aromatic rings. The molecule has 3 rings (SSSR count). The van der Waals surface area contributed by atoms with Crippen LogP contribution in [-0.2, 0) is 0 Å². The number of amides is 2. The highest BCUT2D eigenvalue weighted by Crippen LogP contribution is 2.25. The number of hydrazone groups is 1. The van der Waals surface area contributed by atoms with Crippen LogP contribution in [0.2, 0.25) is 0 Å². The van der Waals surface area contributed by atoms with Crippen LogP contribution in [-0.4, -0.2) is 22.7 Å². The molecule has 11 heteroatoms. The van der Waals surface area contributed by atoms with Gasteiger partial charge in [-0.1, -0.05) is 24.3 Å². The molecule has 1 aromatic heterocycles. The molecule has 0 atom stereocenters. The van der Waals surface area contributed by atoms with Crippen LogP contribution < -0.4 is 33.1 Å². The molecule has 0 saturated carbocycles. The van der Waals surface area contributed by atoms with E-state index in [1.165, 1.54) is 11.3 Å². The molecule has 0 spiro atoms. The van der Waals surface area contributed by atoms with Gasteiger partial charge in [0.05, 0.1) is 11.4 Å². The fourth-order valence-corrected chi connectivity index (χ4v) is 3.12. The van der Waals surface area contributed by atoms with Crippen molar-refractivity contribution in [2.24, 2.45) is 16.7 Å². The number of aromatic nitrogens is 1. The van der Waals surface area contributed by atoms with Gasteiger partial charge in [-0.3, -0.25) is 10.8 Å². The van der Waals surface area contributed by atoms with Crippen molar-refractivity contribution in [2.75, 3.05) is 16.1 Å². The third-order valence-corrected chi connectivity index (χ3v) is 4.74. The largest absolute Gasteiger partial charge is 0.369 e. The molecule has 0 bridgehead atoms. The van der Waals surface area contributed by atoms with Crippen LogP contribution in [0.3, 0.4) is 0 Å². The molecular formula is C19H21N9OS. The van der Waals surface area contributed by atoms with E-state index in [-0.39, 0.29) is 12.0 Å². The van der Waals surface area contributed by atoms with Gasteiger partial charge in [0.25, 0.3) is 0 Å². The molecule has 0 fully saturated rings. The fraction of sp³-hybridized carbons (Fsp3) is 0.0526. The van der Waals surface area contributed by atoms with Crippen molar-refractivity contribution in [3.8, 4) is 11.3 Å². The van der Waals surface area contributed by atoms with Crippen molar-refractivity contribution in [1.29, 1.82) is 5.41 Å². The van der Waals surface area contributed by atoms with Gasteiger partial charge in [0.15, 0.2) is 5.13 Å². The predicted molar refractivity (Wildman–Crippen MR) is 122 cm³/mol. The lowest BCUT2D eigenvalue weighted by atomic mass is 10.1. The number of benzene rings is 2. The number of nitrogen functional groups attached to an aromatic ring is 1. The van der Waals surface area contributed by atoms with Crippen LogP contribution in [0, 0.1) is 5.41 Å². The second-order valence-electron chi connectivity index (χ2n) is 6.14. The molecule has 9 N–H and O–H groups in total. The Labute approximate surface area is 176 Å². The lowest BCUT2D eigenvalue weighted by Crippen LogP contribution is -2.26. The zero-order valence-corrected chi connectivity index (χ0v) is 16.9. The number of hydrazine groups is 1. The molecule has 30 heavy (non-hydrogen) atoms. The maximum Gasteiger partial charge on any atom is 0.323 e. The molecule has 2 amide bonds. The summed E-state index contributed by atoms with van der Waals surface area (Å²) in [6.07, 6.45) is 0. The molecule has 10 nitrogen and oxygen atoms in total. The summed E-state index contributed by atoms with van der Waals surface area (Å²) in [6.45, 7) is 1.79. The van der Waals surface area contributed by atoms with Gasteiger partial charge < -0.3 is 16.4 Å². The maximum absolute atomic E-state index is 12.2. The molecule has 0 aliphatic heterocycles. The molecule has 1 heterocycles. The molecule has 0 aliphatic carbocycles. The van der Waals surface area contributed by atoms with E-state index >= 15 is 0 Å². The van der Waals surface area contributed by atoms with Crippen molar-refractivity contribution >= 4 is 45.5 Å². The van der Waals surface area contributed by atoms with Crippen LogP contribution in [0.25, 0.3) is 11.3 Å². The second-order valence-corrected chi connectivity index (χ2v) is 7.00. The van der Waals surface area contributed by atoms with E-state index in [0.717, 1.165) is 16.8 Å². The first-order valence-corrected chi connectivity index (χ1v) is 9.68. The third kappa shape index (κ3) is 5.53. The topological polar surface area (TPSA) is 166 Å². The minimum absolute atomic E-state index is 0.235. The first-order chi connectivity index (χ1) is 14.4. The van der Waals surface area contributed by atoms with Crippen molar-refractivity contribution in [1.82, 2.24) is 10.4 Å². The number of nitrogens with two attached hydrogens (primary N) is 2. The van der Waals surface area contributed by atoms with E-state index in [1.807, 2.05) is 29.6 Å². The Morgan fingerprint density at radius 2 is 1.67 bits per heavy atom. The highest BCUT2D eigenvalue weighted by molar-refractivity contribution is 7.14. The average Bonchev–Trinajstić information content (AvgIpc) is 3.22. The molecule has 0 unspecified atom stereocenters. The number of carbonyl (C=O) groups excluding carboxylic acids is 1. The third-order valence-electron chi connectivity index (χ3n) is 3.97. The van der Waals surface area contributed by atoms with Gasteiger partial charge in [-0.15, -0.1) is 11.3 Å². The molecule has 0 saturated heterocycles. The van der Waals surface area contributed by atoms with Crippen LogP contribution in [0.1, 0.15) is 12.5 Å². The molecule has 2 aromatic carbocycles. The van der Waals surface area contributed by atoms with Crippen molar-refractivity contribution in [2.45, 2.75) is 6.92 Å². The fourth-order valence-electron chi connectivity index (χ4n) is 2.49. The Hall–Kier alpha value is -3.96. The molecule has 154 valence electrons.